The molecule has 0 spiro atoms. The number of phenols is 1. The van der Waals surface area contributed by atoms with Crippen LogP contribution >= 0.6 is 11.3 Å². The number of carbonyl (C=O) groups excluding carboxylic acids is 2. The van der Waals surface area contributed by atoms with Crippen LogP contribution in [0, 0.1) is 46.0 Å². The molecule has 0 radical (unpaired) electrons. The molecule has 0 bridgehead atoms. The Balaban J connectivity index is 1.39. The molecule has 5 rings (SSSR count). The van der Waals surface area contributed by atoms with Gasteiger partial charge in [0.1, 0.15) is 5.78 Å². The number of rotatable bonds is 5. The van der Waals surface area contributed by atoms with Crippen molar-refractivity contribution in [3.05, 3.63) is 44.2 Å². The van der Waals surface area contributed by atoms with Crippen molar-refractivity contribution in [3.63, 3.8) is 0 Å². The number of hydrogen-bond acceptors (Lipinski definition) is 7. The zero-order valence-corrected chi connectivity index (χ0v) is 20.5. The van der Waals surface area contributed by atoms with Crippen molar-refractivity contribution in [2.24, 2.45) is 23.2 Å². The molecule has 5 unspecified atom stereocenters. The van der Waals surface area contributed by atoms with Gasteiger partial charge in [-0.1, -0.05) is 6.92 Å². The van der Waals surface area contributed by atoms with Crippen LogP contribution < -0.4 is 5.32 Å². The molecule has 3 aliphatic rings. The molecule has 2 N–H and O–H groups in total. The molecule has 5 atom stereocenters. The van der Waals surface area contributed by atoms with Crippen molar-refractivity contribution in [3.8, 4) is 5.75 Å². The van der Waals surface area contributed by atoms with Crippen molar-refractivity contribution in [2.45, 2.75) is 64.7 Å². The van der Waals surface area contributed by atoms with E-state index in [2.05, 4.69) is 10.3 Å². The normalized spacial score (nSPS) is 29.3. The molecule has 10 heteroatoms. The maximum absolute atomic E-state index is 14.9. The van der Waals surface area contributed by atoms with E-state index in [4.69, 9.17) is 0 Å². The van der Waals surface area contributed by atoms with Gasteiger partial charge in [-0.25, -0.2) is 9.37 Å². The molecule has 2 aromatic rings. The fraction of sp³-hybridized carbons (Fsp3) is 0.560. The first-order valence-electron chi connectivity index (χ1n) is 12.0. The molecule has 35 heavy (non-hydrogen) atoms. The number of benzene rings is 1. The number of aromatic nitrogens is 1. The second kappa shape index (κ2) is 8.65. The zero-order chi connectivity index (χ0) is 25.1. The van der Waals surface area contributed by atoms with Gasteiger partial charge in [0.05, 0.1) is 4.92 Å². The molecule has 1 amide bonds. The Bertz CT molecular complexity index is 1230. The number of ketones is 1. The maximum Gasteiger partial charge on any atom is 0.314 e. The minimum Gasteiger partial charge on any atom is -0.500 e. The first kappa shape index (κ1) is 23.8. The number of aryl methyl sites for hydroxylation is 1. The van der Waals surface area contributed by atoms with Crippen molar-refractivity contribution < 1.29 is 24.0 Å². The lowest BCUT2D eigenvalue weighted by Crippen LogP contribution is -2.44. The Kier molecular flexibility index (Phi) is 5.89. The Hall–Kier alpha value is -2.88. The molecule has 1 aromatic carbocycles. The minimum absolute atomic E-state index is 0.0302. The van der Waals surface area contributed by atoms with Gasteiger partial charge in [-0.2, -0.15) is 0 Å². The molecule has 2 fully saturated rings. The maximum atomic E-state index is 14.9. The first-order valence-corrected chi connectivity index (χ1v) is 12.9. The Morgan fingerprint density at radius 1 is 1.43 bits per heavy atom. The molecular formula is C25H28FN3O5S. The monoisotopic (exact) mass is 501 g/mol. The van der Waals surface area contributed by atoms with E-state index in [0.717, 1.165) is 4.88 Å². The fourth-order valence-electron chi connectivity index (χ4n) is 7.03. The van der Waals surface area contributed by atoms with E-state index >= 15 is 0 Å². The second-order valence-corrected chi connectivity index (χ2v) is 11.7. The van der Waals surface area contributed by atoms with Gasteiger partial charge in [0.25, 0.3) is 0 Å². The summed E-state index contributed by atoms with van der Waals surface area (Å²) in [5, 5.41) is 24.8. The number of nitrogens with zero attached hydrogens (tertiary/aromatic N) is 2. The summed E-state index contributed by atoms with van der Waals surface area (Å²) in [4.78, 5) is 41.6. The predicted molar refractivity (Wildman–Crippen MR) is 128 cm³/mol. The smallest absolute Gasteiger partial charge is 0.314 e. The molecule has 3 aliphatic carbocycles. The highest BCUT2D eigenvalue weighted by Gasteiger charge is 2.58. The minimum atomic E-state index is -0.900. The molecule has 8 nitrogen and oxygen atoms in total. The van der Waals surface area contributed by atoms with E-state index in [-0.39, 0.29) is 41.8 Å². The number of nitrogens with one attached hydrogen (secondary N) is 1. The lowest BCUT2D eigenvalue weighted by atomic mass is 9.54. The third-order valence-corrected chi connectivity index (χ3v) is 9.40. The third-order valence-electron chi connectivity index (χ3n) is 8.57. The molecular weight excluding hydrogens is 473 g/mol. The number of hydrogen-bond donors (Lipinski definition) is 2. The topological polar surface area (TPSA) is 122 Å². The summed E-state index contributed by atoms with van der Waals surface area (Å²) in [6, 6.07) is 1.34. The standard InChI is InChI=1S/C25H28FN3O5S/c1-12-11-27-24(35-12)28-20(31)6-3-13-9-19(30)25(2)8-7-14-15(21(13)25)4-5-16-17(14)10-18(29(33)34)23(32)22(16)26/h10-11,13-15,21,32H,3-9H2,1-2H3,(H,27,28,31). The highest BCUT2D eigenvalue weighted by molar-refractivity contribution is 7.15. The summed E-state index contributed by atoms with van der Waals surface area (Å²) in [5.41, 5.74) is -0.145. The number of thiazole rings is 1. The summed E-state index contributed by atoms with van der Waals surface area (Å²) in [5.74, 6) is -1.67. The Labute approximate surface area is 206 Å². The van der Waals surface area contributed by atoms with Crippen LogP contribution in [0.25, 0.3) is 0 Å². The first-order chi connectivity index (χ1) is 16.6. The molecule has 1 heterocycles. The number of halogens is 1. The number of amides is 1. The quantitative estimate of drug-likeness (QED) is 0.425. The van der Waals surface area contributed by atoms with Crippen LogP contribution in [0.15, 0.2) is 12.3 Å². The third kappa shape index (κ3) is 3.91. The van der Waals surface area contributed by atoms with Crippen LogP contribution in [0.4, 0.5) is 15.2 Å². The van der Waals surface area contributed by atoms with Gasteiger partial charge < -0.3 is 10.4 Å². The number of fused-ring (bicyclic) bond motifs is 5. The van der Waals surface area contributed by atoms with E-state index in [0.29, 0.717) is 54.8 Å². The summed E-state index contributed by atoms with van der Waals surface area (Å²) < 4.78 is 14.9. The van der Waals surface area contributed by atoms with Crippen molar-refractivity contribution in [1.82, 2.24) is 4.98 Å². The van der Waals surface area contributed by atoms with Gasteiger partial charge >= 0.3 is 5.69 Å². The predicted octanol–water partition coefficient (Wildman–Crippen LogP) is 5.27. The number of nitro benzene ring substituents is 1. The van der Waals surface area contributed by atoms with Gasteiger partial charge in [0, 0.05) is 35.4 Å². The van der Waals surface area contributed by atoms with Crippen LogP contribution in [0.2, 0.25) is 0 Å². The average molecular weight is 502 g/mol. The second-order valence-electron chi connectivity index (χ2n) is 10.4. The Morgan fingerprint density at radius 3 is 2.89 bits per heavy atom. The van der Waals surface area contributed by atoms with E-state index in [1.807, 2.05) is 13.8 Å². The van der Waals surface area contributed by atoms with E-state index in [1.165, 1.54) is 17.4 Å². The number of anilines is 1. The molecule has 0 aliphatic heterocycles. The van der Waals surface area contributed by atoms with E-state index < -0.39 is 27.6 Å². The van der Waals surface area contributed by atoms with Gasteiger partial charge in [-0.15, -0.1) is 11.3 Å². The lowest BCUT2D eigenvalue weighted by molar-refractivity contribution is -0.386. The number of carbonyl (C=O) groups is 2. The number of nitro groups is 1. The van der Waals surface area contributed by atoms with Crippen LogP contribution in [-0.4, -0.2) is 26.7 Å². The Morgan fingerprint density at radius 2 is 2.20 bits per heavy atom. The number of Topliss-reactive ketones (excluding diaryl/α,β-unsaturated/α-hetero) is 1. The molecule has 2 saturated carbocycles. The molecule has 186 valence electrons. The van der Waals surface area contributed by atoms with E-state index in [9.17, 15) is 29.2 Å². The SMILES string of the molecule is Cc1cnc(NC(=O)CCC2CC(=O)C3(C)CCC4c5cc([N+](=O)[O-])c(O)c(F)c5CCC4C23)s1. The van der Waals surface area contributed by atoms with Gasteiger partial charge in [-0.05, 0) is 73.8 Å². The van der Waals surface area contributed by atoms with Gasteiger partial charge in [0.15, 0.2) is 10.9 Å². The van der Waals surface area contributed by atoms with E-state index in [1.54, 1.807) is 6.20 Å². The highest BCUT2D eigenvalue weighted by atomic mass is 32.1. The summed E-state index contributed by atoms with van der Waals surface area (Å²) in [6.45, 7) is 3.94. The largest absolute Gasteiger partial charge is 0.500 e. The zero-order valence-electron chi connectivity index (χ0n) is 19.7. The van der Waals surface area contributed by atoms with Crippen LogP contribution in [0.5, 0.6) is 5.75 Å². The molecule has 0 saturated heterocycles. The summed E-state index contributed by atoms with van der Waals surface area (Å²) >= 11 is 1.41. The van der Waals surface area contributed by atoms with Crippen LogP contribution in [-0.2, 0) is 16.0 Å². The summed E-state index contributed by atoms with van der Waals surface area (Å²) in [7, 11) is 0. The van der Waals surface area contributed by atoms with Crippen molar-refractivity contribution >= 4 is 33.8 Å². The van der Waals surface area contributed by atoms with Crippen LogP contribution in [0.1, 0.15) is 67.4 Å². The highest BCUT2D eigenvalue weighted by Crippen LogP contribution is 2.62. The van der Waals surface area contributed by atoms with Crippen molar-refractivity contribution in [2.75, 3.05) is 5.32 Å². The van der Waals surface area contributed by atoms with Crippen LogP contribution in [0.3, 0.4) is 0 Å². The molecule has 1 aromatic heterocycles. The van der Waals surface area contributed by atoms with Gasteiger partial charge in [0.2, 0.25) is 11.7 Å². The lowest BCUT2D eigenvalue weighted by Gasteiger charge is -2.49. The fourth-order valence-corrected chi connectivity index (χ4v) is 7.71. The summed E-state index contributed by atoms with van der Waals surface area (Å²) in [6.07, 6.45) is 5.28. The van der Waals surface area contributed by atoms with Gasteiger partial charge in [-0.3, -0.25) is 19.7 Å². The average Bonchev–Trinajstić information content (AvgIpc) is 3.33. The number of phenolic OH excluding ortho intramolecular Hbond substituents is 1. The van der Waals surface area contributed by atoms with Crippen molar-refractivity contribution in [1.29, 1.82) is 0 Å². The number of aromatic hydroxyl groups is 1.